The van der Waals surface area contributed by atoms with Crippen molar-refractivity contribution in [1.82, 2.24) is 43.9 Å². The van der Waals surface area contributed by atoms with Gasteiger partial charge in [-0.15, -0.1) is 0 Å². The van der Waals surface area contributed by atoms with Crippen molar-refractivity contribution in [3.63, 3.8) is 0 Å². The number of piperidine rings is 2. The summed E-state index contributed by atoms with van der Waals surface area (Å²) in [6, 6.07) is 18.4. The van der Waals surface area contributed by atoms with Crippen LogP contribution in [0.1, 0.15) is 95.1 Å². The first kappa shape index (κ1) is 46.6. The number of imide groups is 1. The number of carbonyl (C=O) groups excluding carboxylic acids is 3. The molecule has 2 atom stereocenters. The largest absolute Gasteiger partial charge is 0.495 e. The highest BCUT2D eigenvalue weighted by molar-refractivity contribution is 6.01. The molecule has 0 unspecified atom stereocenters. The monoisotopic (exact) mass is 949 g/mol. The normalized spacial score (nSPS) is 18.6. The first-order chi connectivity index (χ1) is 33.8. The number of ether oxygens (including phenoxy) is 1. The lowest BCUT2D eigenvalue weighted by Gasteiger charge is -2.32. The van der Waals surface area contributed by atoms with Gasteiger partial charge in [0, 0.05) is 99.1 Å². The van der Waals surface area contributed by atoms with E-state index in [1.807, 2.05) is 42.9 Å². The van der Waals surface area contributed by atoms with Gasteiger partial charge in [0.25, 0.3) is 11.5 Å². The summed E-state index contributed by atoms with van der Waals surface area (Å²) >= 11 is 0. The van der Waals surface area contributed by atoms with Crippen molar-refractivity contribution in [1.29, 1.82) is 0 Å². The molecule has 2 fully saturated rings. The topological polar surface area (TPSA) is 164 Å². The minimum Gasteiger partial charge on any atom is -0.495 e. The second-order valence-corrected chi connectivity index (χ2v) is 19.1. The number of rotatable bonds is 12. The number of nitrogens with one attached hydrogen (secondary N) is 3. The molecule has 4 aliphatic rings. The van der Waals surface area contributed by atoms with Crippen LogP contribution >= 0.6 is 0 Å². The van der Waals surface area contributed by atoms with E-state index in [9.17, 15) is 19.2 Å². The van der Waals surface area contributed by atoms with Crippen molar-refractivity contribution >= 4 is 45.7 Å². The van der Waals surface area contributed by atoms with Crippen molar-refractivity contribution in [3.05, 3.63) is 135 Å². The van der Waals surface area contributed by atoms with E-state index in [0.717, 1.165) is 95.3 Å². The minimum absolute atomic E-state index is 0.0232. The smallest absolute Gasteiger partial charge is 0.257 e. The van der Waals surface area contributed by atoms with Crippen molar-refractivity contribution in [2.75, 3.05) is 57.5 Å². The van der Waals surface area contributed by atoms with Crippen LogP contribution in [0.15, 0.2) is 83.9 Å². The van der Waals surface area contributed by atoms with Crippen LogP contribution in [0.2, 0.25) is 0 Å². The van der Waals surface area contributed by atoms with Crippen molar-refractivity contribution in [2.24, 2.45) is 7.05 Å². The Bertz CT molecular complexity index is 3090. The third-order valence-electron chi connectivity index (χ3n) is 14.9. The average molecular weight is 950 g/mol. The van der Waals surface area contributed by atoms with E-state index >= 15 is 4.39 Å². The van der Waals surface area contributed by atoms with Gasteiger partial charge in [0.1, 0.15) is 23.3 Å². The summed E-state index contributed by atoms with van der Waals surface area (Å²) in [5, 5.41) is 14.5. The number of hydrogen-bond acceptors (Lipinski definition) is 11. The molecule has 0 saturated carbocycles. The number of fused-ring (bicyclic) bond motifs is 2. The van der Waals surface area contributed by atoms with Gasteiger partial charge in [0.2, 0.25) is 11.8 Å². The maximum absolute atomic E-state index is 16.2. The molecule has 16 nitrogen and oxygen atoms in total. The number of halogens is 1. The van der Waals surface area contributed by atoms with Gasteiger partial charge in [-0.2, -0.15) is 5.10 Å². The van der Waals surface area contributed by atoms with E-state index in [1.165, 1.54) is 11.6 Å². The van der Waals surface area contributed by atoms with Gasteiger partial charge in [0.15, 0.2) is 0 Å². The van der Waals surface area contributed by atoms with E-state index in [1.54, 1.807) is 42.1 Å². The number of carbonyl (C=O) groups is 3. The van der Waals surface area contributed by atoms with E-state index in [0.29, 0.717) is 68.2 Å². The molecule has 6 aromatic rings. The van der Waals surface area contributed by atoms with E-state index in [-0.39, 0.29) is 35.1 Å². The Balaban J connectivity index is 0.742. The Morgan fingerprint density at radius 2 is 1.80 bits per heavy atom. The summed E-state index contributed by atoms with van der Waals surface area (Å²) < 4.78 is 27.6. The molecule has 0 bridgehead atoms. The number of benzene rings is 2. The molecule has 4 aliphatic heterocycles. The van der Waals surface area contributed by atoms with Crippen LogP contribution in [0.5, 0.6) is 5.75 Å². The zero-order valence-corrected chi connectivity index (χ0v) is 40.4. The Labute approximate surface area is 406 Å². The summed E-state index contributed by atoms with van der Waals surface area (Å²) in [6.45, 7) is 9.41. The molecule has 10 rings (SSSR count). The van der Waals surface area contributed by atoms with Gasteiger partial charge >= 0.3 is 0 Å². The highest BCUT2D eigenvalue weighted by Crippen LogP contribution is 2.37. The molecular formula is C53H60FN11O5. The van der Waals surface area contributed by atoms with Gasteiger partial charge in [-0.1, -0.05) is 12.1 Å². The van der Waals surface area contributed by atoms with E-state index < -0.39 is 6.04 Å². The third kappa shape index (κ3) is 9.10. The lowest BCUT2D eigenvalue weighted by atomic mass is 9.89. The SMILES string of the molecule is CNc1ccn(-c2ccnc3c2cc([C@H](C)N2CC=C(c4c(C)cc(C(=O)N5CCn6nc(CN7CCC(c8ccc(N[C@@H]9CCC(=O)NC9=O)c(OC)c8)CC7)cc6C5)cc4F)CC2)n3C)c(=O)c1. The van der Waals surface area contributed by atoms with Gasteiger partial charge in [0.05, 0.1) is 43.0 Å². The quantitative estimate of drug-likeness (QED) is 0.115. The molecule has 4 aromatic heterocycles. The summed E-state index contributed by atoms with van der Waals surface area (Å²) in [6.07, 6.45) is 8.98. The van der Waals surface area contributed by atoms with E-state index in [2.05, 4.69) is 72.6 Å². The molecule has 8 heterocycles. The van der Waals surface area contributed by atoms with Gasteiger partial charge in [-0.25, -0.2) is 9.37 Å². The number of pyridine rings is 2. The molecular weight excluding hydrogens is 890 g/mol. The van der Waals surface area contributed by atoms with Crippen LogP contribution in [-0.2, 0) is 36.3 Å². The highest BCUT2D eigenvalue weighted by atomic mass is 19.1. The maximum atomic E-state index is 16.2. The molecule has 17 heteroatoms. The molecule has 70 heavy (non-hydrogen) atoms. The fourth-order valence-electron chi connectivity index (χ4n) is 10.9. The van der Waals surface area contributed by atoms with Gasteiger partial charge in [-0.3, -0.25) is 43.5 Å². The third-order valence-corrected chi connectivity index (χ3v) is 14.9. The predicted molar refractivity (Wildman–Crippen MR) is 267 cm³/mol. The summed E-state index contributed by atoms with van der Waals surface area (Å²) in [5.74, 6) is -0.0903. The predicted octanol–water partition coefficient (Wildman–Crippen LogP) is 6.52. The van der Waals surface area contributed by atoms with Crippen LogP contribution in [-0.4, -0.2) is 109 Å². The van der Waals surface area contributed by atoms with Crippen molar-refractivity contribution in [3.8, 4) is 11.4 Å². The number of methoxy groups -OCH3 is 1. The van der Waals surface area contributed by atoms with Crippen LogP contribution in [0.4, 0.5) is 15.8 Å². The van der Waals surface area contributed by atoms with Crippen LogP contribution in [0.25, 0.3) is 22.3 Å². The number of likely N-dealkylation sites (tertiary alicyclic amines) is 1. The first-order valence-electron chi connectivity index (χ1n) is 24.3. The summed E-state index contributed by atoms with van der Waals surface area (Å²) in [4.78, 5) is 62.2. The number of aryl methyl sites for hydroxylation is 2. The zero-order chi connectivity index (χ0) is 48.8. The van der Waals surface area contributed by atoms with E-state index in [4.69, 9.17) is 9.84 Å². The second kappa shape index (κ2) is 19.4. The van der Waals surface area contributed by atoms with Crippen LogP contribution < -0.4 is 26.2 Å². The number of anilines is 2. The molecule has 2 aromatic carbocycles. The highest BCUT2D eigenvalue weighted by Gasteiger charge is 2.31. The molecule has 0 spiro atoms. The molecule has 3 amide bonds. The summed E-state index contributed by atoms with van der Waals surface area (Å²) in [5.41, 5.74) is 9.73. The van der Waals surface area contributed by atoms with Crippen LogP contribution in [0, 0.1) is 12.7 Å². The van der Waals surface area contributed by atoms with Crippen molar-refractivity contribution < 1.29 is 23.5 Å². The number of nitrogens with zero attached hydrogens (tertiary/aromatic N) is 8. The van der Waals surface area contributed by atoms with Crippen molar-refractivity contribution in [2.45, 2.75) is 83.6 Å². The number of hydrogen-bond donors (Lipinski definition) is 3. The standard InChI is InChI=1S/C53H60FN11O5/c1-32-24-37(25-42(54)50(32)35-13-19-62(20-14-35)33(2)46-29-41-45(10-16-56-51(41)60(46)4)64-21-15-38(55-3)28-49(64)67)53(69)63-22-23-65-40(31-63)27-39(59-65)30-61-17-11-34(12-18-61)36-6-7-43(47(26-36)70-5)57-44-8-9-48(66)58-52(44)68/h6-7,10,13,15-16,21,24-29,33-34,44,55,57H,8-9,11-12,14,17-20,22-23,30-31H2,1-5H3,(H,58,66,68)/t33-,44+/m0/s1. The van der Waals surface area contributed by atoms with Gasteiger partial charge < -0.3 is 24.8 Å². The minimum atomic E-state index is -0.484. The lowest BCUT2D eigenvalue weighted by Crippen LogP contribution is -2.47. The fourth-order valence-corrected chi connectivity index (χ4v) is 10.9. The number of aromatic nitrogens is 5. The Kier molecular flexibility index (Phi) is 12.9. The Morgan fingerprint density at radius 3 is 2.53 bits per heavy atom. The first-order valence-corrected chi connectivity index (χ1v) is 24.3. The second-order valence-electron chi connectivity index (χ2n) is 19.1. The summed E-state index contributed by atoms with van der Waals surface area (Å²) in [7, 11) is 5.42. The lowest BCUT2D eigenvalue weighted by molar-refractivity contribution is -0.133. The fraction of sp³-hybridized carbons (Fsp3) is 0.396. The molecule has 3 N–H and O–H groups in total. The zero-order valence-electron chi connectivity index (χ0n) is 40.4. The van der Waals surface area contributed by atoms with Crippen LogP contribution in [0.3, 0.4) is 0 Å². The average Bonchev–Trinajstić information content (AvgIpc) is 3.94. The number of amides is 3. The Morgan fingerprint density at radius 1 is 0.971 bits per heavy atom. The molecule has 0 radical (unpaired) electrons. The maximum Gasteiger partial charge on any atom is 0.257 e. The Hall–Kier alpha value is -7.11. The molecule has 0 aliphatic carbocycles. The van der Waals surface area contributed by atoms with Gasteiger partial charge in [-0.05, 0) is 124 Å². The molecule has 364 valence electrons. The molecule has 2 saturated heterocycles.